The lowest BCUT2D eigenvalue weighted by Crippen LogP contribution is -2.51. The Bertz CT molecular complexity index is 876. The Labute approximate surface area is 200 Å². The standard InChI is InChI=1S/C25H33ClN2O3S/c1-5-18(3)27-25(30)23(6-2)28(15-20-9-7-8-10-22(20)26)24(29)17-32-16-19-11-13-21(31-4)14-12-19/h7-14,18,23H,5-6,15-17H2,1-4H3,(H,27,30)/t18-,23-/m1/s1. The van der Waals surface area contributed by atoms with Crippen LogP contribution in [0.4, 0.5) is 0 Å². The number of benzene rings is 2. The predicted octanol–water partition coefficient (Wildman–Crippen LogP) is 5.30. The van der Waals surface area contributed by atoms with Crippen LogP contribution in [0.1, 0.15) is 44.7 Å². The summed E-state index contributed by atoms with van der Waals surface area (Å²) in [5, 5.41) is 3.62. The molecule has 0 unspecified atom stereocenters. The van der Waals surface area contributed by atoms with Gasteiger partial charge in [0.05, 0.1) is 12.9 Å². The van der Waals surface area contributed by atoms with E-state index in [2.05, 4.69) is 5.32 Å². The number of nitrogens with zero attached hydrogens (tertiary/aromatic N) is 1. The van der Waals surface area contributed by atoms with Crippen molar-refractivity contribution in [3.05, 3.63) is 64.7 Å². The van der Waals surface area contributed by atoms with Gasteiger partial charge in [-0.1, -0.05) is 55.8 Å². The first-order chi connectivity index (χ1) is 15.4. The summed E-state index contributed by atoms with van der Waals surface area (Å²) in [7, 11) is 1.64. The molecule has 2 amide bonds. The Hall–Kier alpha value is -2.18. The summed E-state index contributed by atoms with van der Waals surface area (Å²) in [6.45, 7) is 6.22. The molecule has 5 nitrogen and oxygen atoms in total. The molecule has 174 valence electrons. The molecule has 0 heterocycles. The number of rotatable bonds is 12. The number of methoxy groups -OCH3 is 1. The molecule has 0 aliphatic heterocycles. The van der Waals surface area contributed by atoms with Crippen molar-refractivity contribution in [2.24, 2.45) is 0 Å². The monoisotopic (exact) mass is 476 g/mol. The van der Waals surface area contributed by atoms with E-state index in [1.165, 1.54) is 11.8 Å². The summed E-state index contributed by atoms with van der Waals surface area (Å²) < 4.78 is 5.19. The van der Waals surface area contributed by atoms with Crippen molar-refractivity contribution in [2.45, 2.75) is 58.0 Å². The molecular weight excluding hydrogens is 444 g/mol. The SMILES string of the molecule is CC[C@@H](C)NC(=O)[C@@H](CC)N(Cc1ccccc1Cl)C(=O)CSCc1ccc(OC)cc1. The molecule has 32 heavy (non-hydrogen) atoms. The van der Waals surface area contributed by atoms with Gasteiger partial charge >= 0.3 is 0 Å². The van der Waals surface area contributed by atoms with Crippen molar-refractivity contribution in [3.63, 3.8) is 0 Å². The average molecular weight is 477 g/mol. The third kappa shape index (κ3) is 7.75. The third-order valence-corrected chi connectivity index (χ3v) is 6.70. The molecule has 7 heteroatoms. The zero-order valence-corrected chi connectivity index (χ0v) is 20.8. The summed E-state index contributed by atoms with van der Waals surface area (Å²) >= 11 is 7.89. The molecule has 1 N–H and O–H groups in total. The number of thioether (sulfide) groups is 1. The lowest BCUT2D eigenvalue weighted by atomic mass is 10.1. The summed E-state index contributed by atoms with van der Waals surface area (Å²) in [5.74, 6) is 1.59. The van der Waals surface area contributed by atoms with E-state index in [-0.39, 0.29) is 23.6 Å². The van der Waals surface area contributed by atoms with Crippen LogP contribution in [0, 0.1) is 0 Å². The summed E-state index contributed by atoms with van der Waals surface area (Å²) in [5.41, 5.74) is 1.94. The van der Waals surface area contributed by atoms with Crippen molar-refractivity contribution < 1.29 is 14.3 Å². The maximum atomic E-state index is 13.3. The third-order valence-electron chi connectivity index (χ3n) is 5.34. The smallest absolute Gasteiger partial charge is 0.243 e. The van der Waals surface area contributed by atoms with Crippen LogP contribution in [0.3, 0.4) is 0 Å². The number of carbonyl (C=O) groups excluding carboxylic acids is 2. The van der Waals surface area contributed by atoms with Gasteiger partial charge in [-0.15, -0.1) is 11.8 Å². The van der Waals surface area contributed by atoms with Gasteiger partial charge in [0, 0.05) is 23.4 Å². The van der Waals surface area contributed by atoms with E-state index in [0.29, 0.717) is 23.7 Å². The fourth-order valence-electron chi connectivity index (χ4n) is 3.23. The van der Waals surface area contributed by atoms with E-state index in [4.69, 9.17) is 16.3 Å². The molecule has 0 bridgehead atoms. The molecule has 2 aromatic carbocycles. The first kappa shape index (κ1) is 26.1. The fourth-order valence-corrected chi connectivity index (χ4v) is 4.30. The molecule has 0 radical (unpaired) electrons. The summed E-state index contributed by atoms with van der Waals surface area (Å²) in [6, 6.07) is 14.8. The normalized spacial score (nSPS) is 12.7. The minimum Gasteiger partial charge on any atom is -0.497 e. The second-order valence-corrected chi connectivity index (χ2v) is 9.09. The highest BCUT2D eigenvalue weighted by atomic mass is 35.5. The van der Waals surface area contributed by atoms with Gasteiger partial charge in [0.25, 0.3) is 0 Å². The molecule has 2 rings (SSSR count). The molecule has 0 aliphatic carbocycles. The van der Waals surface area contributed by atoms with Gasteiger partial charge < -0.3 is 15.0 Å². The van der Waals surface area contributed by atoms with Gasteiger partial charge in [0.1, 0.15) is 11.8 Å². The van der Waals surface area contributed by atoms with Crippen molar-refractivity contribution in [2.75, 3.05) is 12.9 Å². The number of carbonyl (C=O) groups is 2. The Balaban J connectivity index is 2.13. The zero-order chi connectivity index (χ0) is 23.5. The number of nitrogens with one attached hydrogen (secondary N) is 1. The molecule has 0 saturated carbocycles. The Kier molecular flexibility index (Phi) is 10.9. The lowest BCUT2D eigenvalue weighted by molar-refractivity contribution is -0.139. The highest BCUT2D eigenvalue weighted by molar-refractivity contribution is 7.99. The molecule has 2 atom stereocenters. The second-order valence-electron chi connectivity index (χ2n) is 7.70. The molecular formula is C25H33ClN2O3S. The topological polar surface area (TPSA) is 58.6 Å². The second kappa shape index (κ2) is 13.4. The zero-order valence-electron chi connectivity index (χ0n) is 19.3. The number of halogens is 1. The number of ether oxygens (including phenoxy) is 1. The van der Waals surface area contributed by atoms with Crippen LogP contribution in [0.15, 0.2) is 48.5 Å². The van der Waals surface area contributed by atoms with E-state index in [9.17, 15) is 9.59 Å². The molecule has 0 aliphatic rings. The molecule has 0 aromatic heterocycles. The fraction of sp³-hybridized carbons (Fsp3) is 0.440. The highest BCUT2D eigenvalue weighted by Crippen LogP contribution is 2.22. The average Bonchev–Trinajstić information content (AvgIpc) is 2.80. The van der Waals surface area contributed by atoms with E-state index in [0.717, 1.165) is 23.3 Å². The van der Waals surface area contributed by atoms with E-state index >= 15 is 0 Å². The van der Waals surface area contributed by atoms with Gasteiger partial charge in [-0.05, 0) is 49.1 Å². The van der Waals surface area contributed by atoms with E-state index in [1.807, 2.05) is 63.2 Å². The first-order valence-electron chi connectivity index (χ1n) is 10.9. The van der Waals surface area contributed by atoms with Crippen LogP contribution >= 0.6 is 23.4 Å². The molecule has 0 fully saturated rings. The first-order valence-corrected chi connectivity index (χ1v) is 12.5. The molecule has 0 saturated heterocycles. The quantitative estimate of drug-likeness (QED) is 0.451. The van der Waals surface area contributed by atoms with Crippen molar-refractivity contribution in [1.82, 2.24) is 10.2 Å². The number of hydrogen-bond donors (Lipinski definition) is 1. The van der Waals surface area contributed by atoms with Crippen molar-refractivity contribution in [3.8, 4) is 5.75 Å². The van der Waals surface area contributed by atoms with Crippen LogP contribution in [-0.2, 0) is 21.9 Å². The highest BCUT2D eigenvalue weighted by Gasteiger charge is 2.29. The van der Waals surface area contributed by atoms with Gasteiger partial charge in [-0.2, -0.15) is 0 Å². The van der Waals surface area contributed by atoms with E-state index in [1.54, 1.807) is 18.1 Å². The van der Waals surface area contributed by atoms with Gasteiger partial charge in [-0.3, -0.25) is 9.59 Å². The van der Waals surface area contributed by atoms with Crippen LogP contribution in [-0.4, -0.2) is 41.7 Å². The number of hydrogen-bond acceptors (Lipinski definition) is 4. The Morgan fingerprint density at radius 3 is 2.38 bits per heavy atom. The van der Waals surface area contributed by atoms with Crippen molar-refractivity contribution in [1.29, 1.82) is 0 Å². The Morgan fingerprint density at radius 2 is 1.78 bits per heavy atom. The van der Waals surface area contributed by atoms with Gasteiger partial charge in [-0.25, -0.2) is 0 Å². The summed E-state index contributed by atoms with van der Waals surface area (Å²) in [6.07, 6.45) is 1.36. The lowest BCUT2D eigenvalue weighted by Gasteiger charge is -2.31. The van der Waals surface area contributed by atoms with E-state index < -0.39 is 6.04 Å². The molecule has 2 aromatic rings. The van der Waals surface area contributed by atoms with Crippen LogP contribution < -0.4 is 10.1 Å². The van der Waals surface area contributed by atoms with Gasteiger partial charge in [0.2, 0.25) is 11.8 Å². The number of amides is 2. The minimum absolute atomic E-state index is 0.0539. The maximum absolute atomic E-state index is 13.3. The van der Waals surface area contributed by atoms with Crippen LogP contribution in [0.5, 0.6) is 5.75 Å². The maximum Gasteiger partial charge on any atom is 0.243 e. The Morgan fingerprint density at radius 1 is 1.09 bits per heavy atom. The molecule has 0 spiro atoms. The van der Waals surface area contributed by atoms with Crippen LogP contribution in [0.2, 0.25) is 5.02 Å². The predicted molar refractivity (Wildman–Crippen MR) is 133 cm³/mol. The van der Waals surface area contributed by atoms with Crippen LogP contribution in [0.25, 0.3) is 0 Å². The van der Waals surface area contributed by atoms with Crippen molar-refractivity contribution >= 4 is 35.2 Å². The minimum atomic E-state index is -0.547. The largest absolute Gasteiger partial charge is 0.497 e. The summed E-state index contributed by atoms with van der Waals surface area (Å²) in [4.78, 5) is 27.9. The van der Waals surface area contributed by atoms with Gasteiger partial charge in [0.15, 0.2) is 0 Å².